The minimum atomic E-state index is -0.127. The molecule has 3 atom stereocenters. The van der Waals surface area contributed by atoms with Gasteiger partial charge in [0.1, 0.15) is 0 Å². The van der Waals surface area contributed by atoms with Crippen LogP contribution in [0.1, 0.15) is 31.0 Å². The first-order valence-electron chi connectivity index (χ1n) is 6.76. The zero-order valence-corrected chi connectivity index (χ0v) is 11.8. The van der Waals surface area contributed by atoms with Crippen molar-refractivity contribution in [2.75, 3.05) is 13.7 Å². The van der Waals surface area contributed by atoms with Gasteiger partial charge in [0.2, 0.25) is 0 Å². The number of methoxy groups -OCH3 is 1. The highest BCUT2D eigenvalue weighted by molar-refractivity contribution is 5.74. The molecule has 0 radical (unpaired) electrons. The Kier molecular flexibility index (Phi) is 4.43. The van der Waals surface area contributed by atoms with Crippen LogP contribution in [0.15, 0.2) is 24.3 Å². The number of amides is 2. The van der Waals surface area contributed by atoms with Gasteiger partial charge in [-0.15, -0.1) is 0 Å². The minimum Gasteiger partial charge on any atom is -0.380 e. The zero-order chi connectivity index (χ0) is 13.8. The van der Waals surface area contributed by atoms with E-state index in [1.54, 1.807) is 7.11 Å². The number of urea groups is 1. The molecule has 2 rings (SSSR count). The van der Waals surface area contributed by atoms with Crippen LogP contribution in [0.4, 0.5) is 4.79 Å². The first-order chi connectivity index (χ1) is 9.11. The molecule has 0 heterocycles. The van der Waals surface area contributed by atoms with E-state index in [2.05, 4.69) is 29.7 Å². The van der Waals surface area contributed by atoms with Gasteiger partial charge in [-0.25, -0.2) is 4.79 Å². The van der Waals surface area contributed by atoms with E-state index in [-0.39, 0.29) is 18.2 Å². The van der Waals surface area contributed by atoms with E-state index in [9.17, 15) is 4.79 Å². The molecule has 0 aromatic heterocycles. The molecular weight excluding hydrogens is 240 g/mol. The van der Waals surface area contributed by atoms with Gasteiger partial charge in [0.25, 0.3) is 0 Å². The molecule has 2 N–H and O–H groups in total. The Morgan fingerprint density at radius 1 is 1.47 bits per heavy atom. The minimum absolute atomic E-state index is 0.0269. The van der Waals surface area contributed by atoms with E-state index < -0.39 is 0 Å². The normalized spacial score (nSPS) is 22.7. The van der Waals surface area contributed by atoms with Crippen molar-refractivity contribution in [2.45, 2.75) is 32.4 Å². The molecule has 2 amide bonds. The predicted molar refractivity (Wildman–Crippen MR) is 75.1 cm³/mol. The van der Waals surface area contributed by atoms with Crippen LogP contribution in [0, 0.1) is 5.92 Å². The van der Waals surface area contributed by atoms with Crippen molar-refractivity contribution in [3.8, 4) is 0 Å². The third-order valence-corrected chi connectivity index (χ3v) is 3.74. The molecule has 1 aliphatic carbocycles. The number of carbonyl (C=O) groups excluding carboxylic acids is 1. The van der Waals surface area contributed by atoms with Crippen LogP contribution in [0.2, 0.25) is 0 Å². The van der Waals surface area contributed by atoms with Crippen molar-refractivity contribution in [2.24, 2.45) is 5.92 Å². The molecule has 0 aliphatic heterocycles. The Hall–Kier alpha value is -1.55. The Bertz CT molecular complexity index is 448. The standard InChI is InChI=1S/C15H22N2O2/c1-10-8-12-6-4-5-7-13(12)14(10)17-15(18)16-9-11(2)19-3/h4-7,10-11,14H,8-9H2,1-3H3,(H2,16,17,18)/t10-,11-,14+/m1/s1. The highest BCUT2D eigenvalue weighted by atomic mass is 16.5. The van der Waals surface area contributed by atoms with Gasteiger partial charge in [0.15, 0.2) is 0 Å². The highest BCUT2D eigenvalue weighted by Gasteiger charge is 2.30. The molecule has 19 heavy (non-hydrogen) atoms. The summed E-state index contributed by atoms with van der Waals surface area (Å²) in [6.45, 7) is 4.61. The van der Waals surface area contributed by atoms with Crippen LogP contribution in [0.3, 0.4) is 0 Å². The van der Waals surface area contributed by atoms with Crippen molar-refractivity contribution in [3.05, 3.63) is 35.4 Å². The van der Waals surface area contributed by atoms with Gasteiger partial charge in [0, 0.05) is 13.7 Å². The summed E-state index contributed by atoms with van der Waals surface area (Å²) >= 11 is 0. The molecular formula is C15H22N2O2. The molecule has 0 spiro atoms. The van der Waals surface area contributed by atoms with Crippen LogP contribution in [-0.4, -0.2) is 25.8 Å². The van der Waals surface area contributed by atoms with Crippen molar-refractivity contribution in [3.63, 3.8) is 0 Å². The molecule has 0 unspecified atom stereocenters. The predicted octanol–water partition coefficient (Wildman–Crippen LogP) is 2.25. The summed E-state index contributed by atoms with van der Waals surface area (Å²) in [6.07, 6.45) is 1.05. The lowest BCUT2D eigenvalue weighted by atomic mass is 10.0. The number of nitrogens with one attached hydrogen (secondary N) is 2. The molecule has 0 fully saturated rings. The molecule has 1 aromatic rings. The van der Waals surface area contributed by atoms with Gasteiger partial charge in [-0.3, -0.25) is 0 Å². The lowest BCUT2D eigenvalue weighted by molar-refractivity contribution is 0.118. The number of ether oxygens (including phenoxy) is 1. The number of rotatable bonds is 4. The molecule has 1 aromatic carbocycles. The Balaban J connectivity index is 1.94. The maximum Gasteiger partial charge on any atom is 0.315 e. The smallest absolute Gasteiger partial charge is 0.315 e. The van der Waals surface area contributed by atoms with Gasteiger partial charge in [-0.05, 0) is 30.4 Å². The second-order valence-electron chi connectivity index (χ2n) is 5.26. The lowest BCUT2D eigenvalue weighted by Crippen LogP contribution is -2.42. The Morgan fingerprint density at radius 3 is 2.95 bits per heavy atom. The fraction of sp³-hybridized carbons (Fsp3) is 0.533. The summed E-state index contributed by atoms with van der Waals surface area (Å²) in [5, 5.41) is 5.90. The topological polar surface area (TPSA) is 50.4 Å². The van der Waals surface area contributed by atoms with Gasteiger partial charge >= 0.3 is 6.03 Å². The van der Waals surface area contributed by atoms with Crippen molar-refractivity contribution in [1.82, 2.24) is 10.6 Å². The van der Waals surface area contributed by atoms with Gasteiger partial charge in [-0.1, -0.05) is 31.2 Å². The van der Waals surface area contributed by atoms with Crippen molar-refractivity contribution in [1.29, 1.82) is 0 Å². The summed E-state index contributed by atoms with van der Waals surface area (Å²) < 4.78 is 5.11. The fourth-order valence-corrected chi connectivity index (χ4v) is 2.53. The third-order valence-electron chi connectivity index (χ3n) is 3.74. The SMILES string of the molecule is CO[C@H](C)CNC(=O)N[C@@H]1c2ccccc2C[C@H]1C. The molecule has 4 nitrogen and oxygen atoms in total. The fourth-order valence-electron chi connectivity index (χ4n) is 2.53. The summed E-state index contributed by atoms with van der Waals surface area (Å²) in [7, 11) is 1.64. The summed E-state index contributed by atoms with van der Waals surface area (Å²) in [5.41, 5.74) is 2.58. The number of hydrogen-bond acceptors (Lipinski definition) is 2. The van der Waals surface area contributed by atoms with Crippen LogP contribution >= 0.6 is 0 Å². The summed E-state index contributed by atoms with van der Waals surface area (Å²) in [5.74, 6) is 0.433. The van der Waals surface area contributed by atoms with Crippen LogP contribution < -0.4 is 10.6 Å². The number of benzene rings is 1. The van der Waals surface area contributed by atoms with E-state index >= 15 is 0 Å². The monoisotopic (exact) mass is 262 g/mol. The summed E-state index contributed by atoms with van der Waals surface area (Å²) in [6, 6.07) is 8.29. The first kappa shape index (κ1) is 13.9. The van der Waals surface area contributed by atoms with Crippen LogP contribution in [0.5, 0.6) is 0 Å². The second-order valence-corrected chi connectivity index (χ2v) is 5.26. The van der Waals surface area contributed by atoms with E-state index in [0.29, 0.717) is 12.5 Å². The average molecular weight is 262 g/mol. The maximum atomic E-state index is 11.9. The maximum absolute atomic E-state index is 11.9. The van der Waals surface area contributed by atoms with Gasteiger partial charge in [0.05, 0.1) is 12.1 Å². The molecule has 0 bridgehead atoms. The van der Waals surface area contributed by atoms with Crippen molar-refractivity contribution >= 4 is 6.03 Å². The van der Waals surface area contributed by atoms with Crippen LogP contribution in [-0.2, 0) is 11.2 Å². The molecule has 0 saturated heterocycles. The quantitative estimate of drug-likeness (QED) is 0.874. The van der Waals surface area contributed by atoms with Crippen LogP contribution in [0.25, 0.3) is 0 Å². The average Bonchev–Trinajstić information content (AvgIpc) is 2.72. The lowest BCUT2D eigenvalue weighted by Gasteiger charge is -2.20. The molecule has 104 valence electrons. The number of carbonyl (C=O) groups is 1. The van der Waals surface area contributed by atoms with E-state index in [4.69, 9.17) is 4.74 Å². The molecule has 4 heteroatoms. The Labute approximate surface area is 114 Å². The van der Waals surface area contributed by atoms with Gasteiger partial charge < -0.3 is 15.4 Å². The van der Waals surface area contributed by atoms with E-state index in [0.717, 1.165) is 6.42 Å². The number of hydrogen-bond donors (Lipinski definition) is 2. The Morgan fingerprint density at radius 2 is 2.21 bits per heavy atom. The third kappa shape index (κ3) is 3.26. The second kappa shape index (κ2) is 6.06. The molecule has 1 aliphatic rings. The van der Waals surface area contributed by atoms with Gasteiger partial charge in [-0.2, -0.15) is 0 Å². The molecule has 0 saturated carbocycles. The van der Waals surface area contributed by atoms with E-state index in [1.165, 1.54) is 11.1 Å². The number of fused-ring (bicyclic) bond motifs is 1. The largest absolute Gasteiger partial charge is 0.380 e. The van der Waals surface area contributed by atoms with E-state index in [1.807, 2.05) is 19.1 Å². The zero-order valence-electron chi connectivity index (χ0n) is 11.8. The first-order valence-corrected chi connectivity index (χ1v) is 6.76. The van der Waals surface area contributed by atoms with Crippen molar-refractivity contribution < 1.29 is 9.53 Å². The summed E-state index contributed by atoms with van der Waals surface area (Å²) in [4.78, 5) is 11.9. The highest BCUT2D eigenvalue weighted by Crippen LogP contribution is 2.35.